The number of benzene rings is 1. The first-order chi connectivity index (χ1) is 19.5. The number of fused-ring (bicyclic) bond motifs is 1. The molecule has 0 saturated heterocycles. The molecule has 2 N–H and O–H groups in total. The van der Waals surface area contributed by atoms with Crippen molar-refractivity contribution in [2.24, 2.45) is 0 Å². The molecule has 11 nitrogen and oxygen atoms in total. The van der Waals surface area contributed by atoms with E-state index in [1.165, 1.54) is 18.9 Å². The summed E-state index contributed by atoms with van der Waals surface area (Å²) >= 11 is 0. The van der Waals surface area contributed by atoms with Crippen molar-refractivity contribution in [2.75, 3.05) is 20.0 Å². The highest BCUT2D eigenvalue weighted by molar-refractivity contribution is 7.59. The molecule has 1 aliphatic heterocycles. The third kappa shape index (κ3) is 8.52. The molecule has 0 fully saturated rings. The van der Waals surface area contributed by atoms with Crippen LogP contribution in [0.4, 0.5) is 26.3 Å². The Morgan fingerprint density at radius 3 is 2.33 bits per heavy atom. The van der Waals surface area contributed by atoms with Crippen LogP contribution in [0, 0.1) is 17.5 Å². The fourth-order valence-corrected chi connectivity index (χ4v) is 6.45. The Morgan fingerprint density at radius 1 is 1.05 bits per heavy atom. The van der Waals surface area contributed by atoms with E-state index in [2.05, 4.69) is 20.4 Å². The van der Waals surface area contributed by atoms with Gasteiger partial charge < -0.3 is 18.9 Å². The van der Waals surface area contributed by atoms with Gasteiger partial charge in [0.05, 0.1) is 12.6 Å². The van der Waals surface area contributed by atoms with E-state index in [9.17, 15) is 40.5 Å². The number of carbonyl (C=O) groups excluding carboxylic acids is 2. The number of ether oxygens (including phenoxy) is 2. The molecular weight excluding hydrogens is 597 g/mol. The molecule has 3 rings (SSSR count). The van der Waals surface area contributed by atoms with Crippen LogP contribution in [-0.2, 0) is 49.3 Å². The number of hydrogen-bond donors (Lipinski definition) is 2. The molecule has 234 valence electrons. The van der Waals surface area contributed by atoms with Crippen molar-refractivity contribution in [3.8, 4) is 0 Å². The van der Waals surface area contributed by atoms with Crippen molar-refractivity contribution >= 4 is 19.3 Å². The first-order valence-corrected chi connectivity index (χ1v) is 14.7. The molecular formula is C24H31F6N6O5P. The van der Waals surface area contributed by atoms with Crippen molar-refractivity contribution in [2.45, 2.75) is 71.1 Å². The Hall–Kier alpha value is -3.01. The molecule has 0 bridgehead atoms. The molecule has 0 saturated carbocycles. The highest BCUT2D eigenvalue weighted by atomic mass is 31.2. The van der Waals surface area contributed by atoms with E-state index in [1.54, 1.807) is 13.8 Å². The van der Waals surface area contributed by atoms with Crippen LogP contribution in [0.25, 0.3) is 0 Å². The average Bonchev–Trinajstić information content (AvgIpc) is 3.31. The first kappa shape index (κ1) is 33.5. The molecule has 1 amide bonds. The third-order valence-corrected chi connectivity index (χ3v) is 8.35. The van der Waals surface area contributed by atoms with E-state index in [0.29, 0.717) is 12.1 Å². The van der Waals surface area contributed by atoms with Gasteiger partial charge in [0.1, 0.15) is 18.2 Å². The van der Waals surface area contributed by atoms with E-state index < -0.39 is 86.1 Å². The second-order valence-electron chi connectivity index (χ2n) is 9.99. The topological polar surface area (TPSA) is 128 Å². The lowest BCUT2D eigenvalue weighted by molar-refractivity contribution is -0.149. The highest BCUT2D eigenvalue weighted by Gasteiger charge is 2.40. The number of nitrogens with one attached hydrogen (secondary N) is 2. The lowest BCUT2D eigenvalue weighted by Gasteiger charge is -2.32. The monoisotopic (exact) mass is 628 g/mol. The predicted molar refractivity (Wildman–Crippen MR) is 135 cm³/mol. The molecule has 1 aromatic heterocycles. The summed E-state index contributed by atoms with van der Waals surface area (Å²) in [6, 6.07) is -1.39. The van der Waals surface area contributed by atoms with Crippen molar-refractivity contribution in [3.05, 3.63) is 46.8 Å². The minimum atomic E-state index is -4.74. The molecule has 18 heteroatoms. The predicted octanol–water partition coefficient (Wildman–Crippen LogP) is 3.37. The molecule has 0 spiro atoms. The van der Waals surface area contributed by atoms with E-state index >= 15 is 0 Å². The fraction of sp³-hybridized carbons (Fsp3) is 0.583. The lowest BCUT2D eigenvalue weighted by atomic mass is 10.0. The minimum absolute atomic E-state index is 0.109. The Bertz CT molecular complexity index is 1340. The largest absolute Gasteiger partial charge is 0.462 e. The quantitative estimate of drug-likeness (QED) is 0.157. The highest BCUT2D eigenvalue weighted by Crippen LogP contribution is 2.38. The Kier molecular flexibility index (Phi) is 10.8. The van der Waals surface area contributed by atoms with Gasteiger partial charge in [0.2, 0.25) is 19.2 Å². The fourth-order valence-electron chi connectivity index (χ4n) is 4.36. The number of alkyl halides is 3. The van der Waals surface area contributed by atoms with Gasteiger partial charge in [-0.25, -0.2) is 23.3 Å². The first-order valence-electron chi connectivity index (χ1n) is 12.8. The molecule has 3 atom stereocenters. The summed E-state index contributed by atoms with van der Waals surface area (Å²) in [6.45, 7) is 3.89. The number of rotatable bonds is 12. The van der Waals surface area contributed by atoms with Crippen LogP contribution in [0.3, 0.4) is 0 Å². The van der Waals surface area contributed by atoms with Crippen LogP contribution in [0.2, 0.25) is 0 Å². The number of nitrogens with zero attached hydrogens (tertiary/aromatic N) is 4. The number of esters is 1. The smallest absolute Gasteiger partial charge is 0.451 e. The van der Waals surface area contributed by atoms with E-state index in [-0.39, 0.29) is 31.0 Å². The maximum absolute atomic E-state index is 14.6. The Balaban J connectivity index is 1.85. The standard InChI is InChI=1S/C24H31F6N6O5P/c1-13(2)41-22(38)14(3)33-42(39,12-40-4)34-16(7-15-8-18(26)19(27)10-17(15)25)9-21(37)35-5-6-36-20(11-35)31-32-23(36)24(28,29)30/h8,10,13-14,16H,5-7,9,11-12H2,1-4H3,(H2,33,34,39). The van der Waals surface area contributed by atoms with Gasteiger partial charge in [0, 0.05) is 38.7 Å². The molecule has 2 aromatic rings. The van der Waals surface area contributed by atoms with Gasteiger partial charge >= 0.3 is 12.1 Å². The zero-order valence-electron chi connectivity index (χ0n) is 23.2. The molecule has 1 aromatic carbocycles. The van der Waals surface area contributed by atoms with Gasteiger partial charge in [-0.05, 0) is 38.8 Å². The molecule has 0 aliphatic carbocycles. The Morgan fingerprint density at radius 2 is 1.71 bits per heavy atom. The average molecular weight is 629 g/mol. The van der Waals surface area contributed by atoms with Crippen molar-refractivity contribution in [1.82, 2.24) is 29.8 Å². The summed E-state index contributed by atoms with van der Waals surface area (Å²) in [5.41, 5.74) is -0.344. The number of halogens is 6. The van der Waals surface area contributed by atoms with Crippen molar-refractivity contribution < 1.29 is 50.0 Å². The summed E-state index contributed by atoms with van der Waals surface area (Å²) in [5, 5.41) is 12.0. The van der Waals surface area contributed by atoms with E-state index in [1.807, 2.05) is 0 Å². The van der Waals surface area contributed by atoms with Crippen LogP contribution < -0.4 is 10.2 Å². The van der Waals surface area contributed by atoms with Gasteiger partial charge in [-0.1, -0.05) is 0 Å². The van der Waals surface area contributed by atoms with E-state index in [0.717, 1.165) is 4.57 Å². The van der Waals surface area contributed by atoms with Crippen LogP contribution in [0.5, 0.6) is 0 Å². The number of hydrogen-bond acceptors (Lipinski definition) is 7. The van der Waals surface area contributed by atoms with Crippen LogP contribution in [0.15, 0.2) is 12.1 Å². The summed E-state index contributed by atoms with van der Waals surface area (Å²) in [5.74, 6) is -6.60. The van der Waals surface area contributed by atoms with E-state index in [4.69, 9.17) is 9.47 Å². The summed E-state index contributed by atoms with van der Waals surface area (Å²) in [4.78, 5) is 26.8. The molecule has 0 radical (unpaired) electrons. The number of amides is 1. The van der Waals surface area contributed by atoms with Crippen molar-refractivity contribution in [1.29, 1.82) is 0 Å². The van der Waals surface area contributed by atoms with Crippen LogP contribution in [0.1, 0.15) is 44.4 Å². The molecule has 3 unspecified atom stereocenters. The number of aromatic nitrogens is 3. The van der Waals surface area contributed by atoms with Gasteiger partial charge in [0.15, 0.2) is 17.5 Å². The number of carbonyl (C=O) groups is 2. The number of methoxy groups -OCH3 is 1. The van der Waals surface area contributed by atoms with Crippen LogP contribution >= 0.6 is 7.44 Å². The van der Waals surface area contributed by atoms with Crippen LogP contribution in [-0.4, -0.2) is 69.7 Å². The maximum atomic E-state index is 14.6. The Labute approximate surface area is 237 Å². The molecule has 2 heterocycles. The second-order valence-corrected chi connectivity index (χ2v) is 12.2. The maximum Gasteiger partial charge on any atom is 0.451 e. The van der Waals surface area contributed by atoms with Gasteiger partial charge in [0.25, 0.3) is 0 Å². The molecule has 42 heavy (non-hydrogen) atoms. The summed E-state index contributed by atoms with van der Waals surface area (Å²) < 4.78 is 106. The third-order valence-electron chi connectivity index (χ3n) is 6.15. The normalized spacial score (nSPS) is 16.6. The zero-order chi connectivity index (χ0) is 31.4. The summed E-state index contributed by atoms with van der Waals surface area (Å²) in [6.07, 6.45) is -6.67. The van der Waals surface area contributed by atoms with Gasteiger partial charge in [-0.3, -0.25) is 14.2 Å². The second kappa shape index (κ2) is 13.5. The molecule has 1 aliphatic rings. The zero-order valence-corrected chi connectivity index (χ0v) is 24.1. The van der Waals surface area contributed by atoms with Gasteiger partial charge in [-0.15, -0.1) is 10.2 Å². The SMILES string of the molecule is COCP(=O)(NC(CC(=O)N1CCn2c(nnc2C(F)(F)F)C1)Cc1cc(F)c(F)cc1F)NC(C)C(=O)OC(C)C. The minimum Gasteiger partial charge on any atom is -0.462 e. The van der Waals surface area contributed by atoms with Gasteiger partial charge in [-0.2, -0.15) is 13.2 Å². The lowest BCUT2D eigenvalue weighted by Crippen LogP contribution is -2.45. The van der Waals surface area contributed by atoms with Crippen molar-refractivity contribution in [3.63, 3.8) is 0 Å². The summed E-state index contributed by atoms with van der Waals surface area (Å²) in [7, 11) is -2.68.